The number of hydrogen-bond acceptors (Lipinski definition) is 6. The summed E-state index contributed by atoms with van der Waals surface area (Å²) in [4.78, 5) is 13.9. The number of amides is 1. The highest BCUT2D eigenvalue weighted by Crippen LogP contribution is 2.36. The largest absolute Gasteiger partial charge is 0.457 e. The summed E-state index contributed by atoms with van der Waals surface area (Å²) in [7, 11) is 1.77. The molecule has 2 heterocycles. The van der Waals surface area contributed by atoms with Crippen LogP contribution >= 0.6 is 0 Å². The van der Waals surface area contributed by atoms with Gasteiger partial charge in [0.2, 0.25) is 5.91 Å². The fourth-order valence-corrected chi connectivity index (χ4v) is 4.24. The minimum absolute atomic E-state index is 0.0444. The number of aliphatic hydroxyl groups is 1. The molecule has 0 spiro atoms. The molecule has 8 heteroatoms. The Morgan fingerprint density at radius 1 is 1.24 bits per heavy atom. The number of nitrogens with one attached hydrogen (secondary N) is 1. The van der Waals surface area contributed by atoms with E-state index in [1.54, 1.807) is 11.9 Å². The number of para-hydroxylation sites is 1. The van der Waals surface area contributed by atoms with Crippen LogP contribution in [0.4, 0.5) is 5.82 Å². The predicted molar refractivity (Wildman–Crippen MR) is 128 cm³/mol. The van der Waals surface area contributed by atoms with Gasteiger partial charge in [0, 0.05) is 25.7 Å². The average molecular weight is 448 g/mol. The van der Waals surface area contributed by atoms with Gasteiger partial charge in [-0.15, -0.1) is 0 Å². The summed E-state index contributed by atoms with van der Waals surface area (Å²) in [5.41, 5.74) is 7.87. The van der Waals surface area contributed by atoms with E-state index in [9.17, 15) is 9.90 Å². The summed E-state index contributed by atoms with van der Waals surface area (Å²) >= 11 is 0. The Labute approximate surface area is 193 Å². The quantitative estimate of drug-likeness (QED) is 0.377. The number of carbonyl (C=O) groups excluding carboxylic acids is 1. The van der Waals surface area contributed by atoms with Gasteiger partial charge in [-0.3, -0.25) is 4.79 Å². The third-order valence-corrected chi connectivity index (χ3v) is 5.81. The molecule has 4 rings (SSSR count). The molecule has 2 unspecified atom stereocenters. The van der Waals surface area contributed by atoms with Crippen molar-refractivity contribution < 1.29 is 14.6 Å². The lowest BCUT2D eigenvalue weighted by Crippen LogP contribution is -2.40. The van der Waals surface area contributed by atoms with E-state index in [2.05, 4.69) is 11.9 Å². The SMILES string of the molecule is C=CC(=O)N1CCCC(n2nc(-c3ccc(Oc4ccccc4)cc3)c(C(N)O)c2NC)C1. The molecule has 1 aliphatic heterocycles. The number of benzene rings is 2. The maximum Gasteiger partial charge on any atom is 0.246 e. The molecule has 1 fully saturated rings. The molecule has 1 aromatic heterocycles. The Kier molecular flexibility index (Phi) is 6.76. The lowest BCUT2D eigenvalue weighted by molar-refractivity contribution is -0.127. The number of anilines is 1. The van der Waals surface area contributed by atoms with Gasteiger partial charge in [-0.05, 0) is 55.3 Å². The standard InChI is InChI=1S/C25H29N5O3/c1-3-21(31)29-15-7-8-18(16-29)30-25(27-2)22(24(26)32)23(28-30)17-11-13-20(14-12-17)33-19-9-5-4-6-10-19/h3-6,9-14,18,24,27,32H,1,7-8,15-16,26H2,2H3. The molecule has 0 bridgehead atoms. The number of hydrogen-bond donors (Lipinski definition) is 3. The number of rotatable bonds is 7. The average Bonchev–Trinajstić information content (AvgIpc) is 3.25. The lowest BCUT2D eigenvalue weighted by atomic mass is 10.0. The van der Waals surface area contributed by atoms with Gasteiger partial charge in [0.15, 0.2) is 0 Å². The van der Waals surface area contributed by atoms with Crippen LogP contribution in [-0.4, -0.2) is 45.8 Å². The van der Waals surface area contributed by atoms with Crippen LogP contribution in [0.5, 0.6) is 11.5 Å². The number of aliphatic hydroxyl groups excluding tert-OH is 1. The highest BCUT2D eigenvalue weighted by molar-refractivity contribution is 5.87. The van der Waals surface area contributed by atoms with Crippen LogP contribution in [0, 0.1) is 0 Å². The van der Waals surface area contributed by atoms with E-state index < -0.39 is 6.23 Å². The van der Waals surface area contributed by atoms with Crippen LogP contribution in [0.3, 0.4) is 0 Å². The number of aromatic nitrogens is 2. The molecule has 1 aliphatic rings. The number of ether oxygens (including phenoxy) is 1. The molecule has 172 valence electrons. The molecule has 0 aliphatic carbocycles. The van der Waals surface area contributed by atoms with E-state index in [0.717, 1.165) is 24.2 Å². The Balaban J connectivity index is 1.66. The van der Waals surface area contributed by atoms with Gasteiger partial charge >= 0.3 is 0 Å². The first kappa shape index (κ1) is 22.6. The van der Waals surface area contributed by atoms with Crippen molar-refractivity contribution in [3.05, 3.63) is 72.8 Å². The van der Waals surface area contributed by atoms with Crippen LogP contribution in [0.1, 0.15) is 30.7 Å². The van der Waals surface area contributed by atoms with Gasteiger partial charge in [0.1, 0.15) is 29.2 Å². The van der Waals surface area contributed by atoms with Gasteiger partial charge in [-0.25, -0.2) is 4.68 Å². The van der Waals surface area contributed by atoms with Crippen LogP contribution < -0.4 is 15.8 Å². The fraction of sp³-hybridized carbons (Fsp3) is 0.280. The molecule has 1 amide bonds. The third-order valence-electron chi connectivity index (χ3n) is 5.81. The second-order valence-corrected chi connectivity index (χ2v) is 7.97. The highest BCUT2D eigenvalue weighted by Gasteiger charge is 2.30. The maximum atomic E-state index is 12.2. The van der Waals surface area contributed by atoms with Crippen LogP contribution in [0.15, 0.2) is 67.3 Å². The summed E-state index contributed by atoms with van der Waals surface area (Å²) in [6.07, 6.45) is 1.84. The van der Waals surface area contributed by atoms with E-state index in [-0.39, 0.29) is 11.9 Å². The van der Waals surface area contributed by atoms with E-state index >= 15 is 0 Å². The molecule has 2 atom stereocenters. The summed E-state index contributed by atoms with van der Waals surface area (Å²) < 4.78 is 7.72. The van der Waals surface area contributed by atoms with Gasteiger partial charge in [-0.1, -0.05) is 24.8 Å². The minimum atomic E-state index is -1.22. The number of nitrogens with zero attached hydrogens (tertiary/aromatic N) is 3. The Morgan fingerprint density at radius 2 is 1.94 bits per heavy atom. The Hall–Kier alpha value is -3.62. The number of piperidine rings is 1. The van der Waals surface area contributed by atoms with Crippen molar-refractivity contribution in [2.45, 2.75) is 25.1 Å². The summed E-state index contributed by atoms with van der Waals surface area (Å²) in [5, 5.41) is 18.4. The summed E-state index contributed by atoms with van der Waals surface area (Å²) in [6, 6.07) is 17.0. The van der Waals surface area contributed by atoms with Gasteiger partial charge in [-0.2, -0.15) is 5.10 Å². The van der Waals surface area contributed by atoms with Crippen LogP contribution in [0.25, 0.3) is 11.3 Å². The van der Waals surface area contributed by atoms with Crippen molar-refractivity contribution in [3.8, 4) is 22.8 Å². The Morgan fingerprint density at radius 3 is 2.58 bits per heavy atom. The zero-order valence-corrected chi connectivity index (χ0v) is 18.6. The van der Waals surface area contributed by atoms with E-state index in [4.69, 9.17) is 15.6 Å². The first-order chi connectivity index (χ1) is 16.0. The van der Waals surface area contributed by atoms with E-state index in [0.29, 0.717) is 35.9 Å². The van der Waals surface area contributed by atoms with E-state index in [1.165, 1.54) is 6.08 Å². The van der Waals surface area contributed by atoms with Crippen molar-refractivity contribution in [1.29, 1.82) is 0 Å². The number of carbonyl (C=O) groups is 1. The topological polar surface area (TPSA) is 106 Å². The predicted octanol–water partition coefficient (Wildman–Crippen LogP) is 3.68. The molecular formula is C25H29N5O3. The Bertz CT molecular complexity index is 1110. The molecule has 3 aromatic rings. The van der Waals surface area contributed by atoms with Gasteiger partial charge in [0.05, 0.1) is 11.6 Å². The monoisotopic (exact) mass is 447 g/mol. The highest BCUT2D eigenvalue weighted by atomic mass is 16.5. The molecule has 1 saturated heterocycles. The number of nitrogens with two attached hydrogens (primary N) is 1. The van der Waals surface area contributed by atoms with Crippen LogP contribution in [0.2, 0.25) is 0 Å². The van der Waals surface area contributed by atoms with Crippen molar-refractivity contribution in [3.63, 3.8) is 0 Å². The second kappa shape index (κ2) is 9.89. The zero-order chi connectivity index (χ0) is 23.4. The normalized spacial score (nSPS) is 16.8. The maximum absolute atomic E-state index is 12.2. The van der Waals surface area contributed by atoms with E-state index in [1.807, 2.05) is 59.3 Å². The first-order valence-electron chi connectivity index (χ1n) is 11.0. The van der Waals surface area contributed by atoms with Crippen molar-refractivity contribution in [2.24, 2.45) is 5.73 Å². The molecule has 4 N–H and O–H groups in total. The molecule has 8 nitrogen and oxygen atoms in total. The summed E-state index contributed by atoms with van der Waals surface area (Å²) in [5.74, 6) is 1.99. The first-order valence-corrected chi connectivity index (χ1v) is 11.0. The minimum Gasteiger partial charge on any atom is -0.457 e. The molecule has 33 heavy (non-hydrogen) atoms. The number of likely N-dealkylation sites (tertiary alicyclic amines) is 1. The van der Waals surface area contributed by atoms with Gasteiger partial charge < -0.3 is 25.8 Å². The molecule has 0 radical (unpaired) electrons. The van der Waals surface area contributed by atoms with Crippen molar-refractivity contribution in [2.75, 3.05) is 25.5 Å². The summed E-state index contributed by atoms with van der Waals surface area (Å²) in [6.45, 7) is 4.81. The smallest absolute Gasteiger partial charge is 0.246 e. The van der Waals surface area contributed by atoms with Crippen molar-refractivity contribution in [1.82, 2.24) is 14.7 Å². The zero-order valence-electron chi connectivity index (χ0n) is 18.6. The fourth-order valence-electron chi connectivity index (χ4n) is 4.24. The third kappa shape index (κ3) is 4.76. The molecule has 0 saturated carbocycles. The van der Waals surface area contributed by atoms with Gasteiger partial charge in [0.25, 0.3) is 0 Å². The molecular weight excluding hydrogens is 418 g/mol. The van der Waals surface area contributed by atoms with Crippen molar-refractivity contribution >= 4 is 11.7 Å². The second-order valence-electron chi connectivity index (χ2n) is 7.97. The molecule has 2 aromatic carbocycles. The lowest BCUT2D eigenvalue weighted by Gasteiger charge is -2.33. The van der Waals surface area contributed by atoms with Crippen LogP contribution in [-0.2, 0) is 4.79 Å².